The molecule has 288 valence electrons. The maximum atomic E-state index is 12.7. The van der Waals surface area contributed by atoms with Crippen molar-refractivity contribution in [1.29, 1.82) is 0 Å². The first-order chi connectivity index (χ1) is 24.1. The van der Waals surface area contributed by atoms with E-state index in [9.17, 15) is 9.59 Å². The smallest absolute Gasteiger partial charge is 0.137 e. The van der Waals surface area contributed by atoms with Crippen LogP contribution in [0, 0.1) is 10.8 Å². The van der Waals surface area contributed by atoms with Crippen LogP contribution in [0.2, 0.25) is 0 Å². The van der Waals surface area contributed by atoms with Gasteiger partial charge < -0.3 is 20.0 Å². The molecule has 1 aliphatic heterocycles. The lowest BCUT2D eigenvalue weighted by Gasteiger charge is -2.29. The quantitative estimate of drug-likeness (QED) is 0.0848. The first-order valence-electron chi connectivity index (χ1n) is 19.2. The zero-order valence-electron chi connectivity index (χ0n) is 35.2. The molecule has 0 aliphatic carbocycles. The molecule has 1 fully saturated rings. The van der Waals surface area contributed by atoms with E-state index in [-0.39, 0.29) is 17.4 Å². The first kappa shape index (κ1) is 49.6. The lowest BCUT2D eigenvalue weighted by molar-refractivity contribution is -0.124. The molecule has 1 heterocycles. The largest absolute Gasteiger partial charge is 0.469 e. The standard InChI is InChI=1S/C34H48N2O3.C7H14O.2C2H6/c1-12-17-24(5)31(32(35)36-25(6)29(14-3)30-19-16-15-18-28(30)13-2)34(11,22-37)27(8)39-21-23(4)20-33(9,10)26(7)38;1-2-7-5-3-4-6-8-7;2*1-2/h14-19,21-22H,8,12-13,20,35H2,1-7,9-11H3;7H,2-6H2,1H3;2*1-2H3/b23-21+,24-17+,29-14-,32-31+,36-25+;;;. The van der Waals surface area contributed by atoms with Crippen molar-refractivity contribution in [2.45, 2.75) is 155 Å². The van der Waals surface area contributed by atoms with Gasteiger partial charge in [-0.3, -0.25) is 4.79 Å². The Morgan fingerprint density at radius 3 is 2.10 bits per heavy atom. The highest BCUT2D eigenvalue weighted by Crippen LogP contribution is 2.40. The van der Waals surface area contributed by atoms with E-state index in [0.717, 1.165) is 53.7 Å². The topological polar surface area (TPSA) is 91.0 Å². The second-order valence-electron chi connectivity index (χ2n) is 13.3. The Hall–Kier alpha value is -3.51. The van der Waals surface area contributed by atoms with Crippen LogP contribution in [0.4, 0.5) is 0 Å². The summed E-state index contributed by atoms with van der Waals surface area (Å²) in [4.78, 5) is 29.5. The van der Waals surface area contributed by atoms with Gasteiger partial charge in [0.05, 0.1) is 12.4 Å². The van der Waals surface area contributed by atoms with Crippen molar-refractivity contribution in [2.24, 2.45) is 21.6 Å². The summed E-state index contributed by atoms with van der Waals surface area (Å²) in [6.07, 6.45) is 14.3. The van der Waals surface area contributed by atoms with Crippen molar-refractivity contribution in [1.82, 2.24) is 0 Å². The van der Waals surface area contributed by atoms with Crippen molar-refractivity contribution in [3.63, 3.8) is 0 Å². The summed E-state index contributed by atoms with van der Waals surface area (Å²) in [5.41, 5.74) is 11.2. The van der Waals surface area contributed by atoms with Crippen molar-refractivity contribution >= 4 is 23.4 Å². The predicted molar refractivity (Wildman–Crippen MR) is 222 cm³/mol. The molecule has 1 aromatic rings. The average molecular weight is 707 g/mol. The number of aryl methyl sites for hydroxylation is 1. The summed E-state index contributed by atoms with van der Waals surface area (Å²) in [6.45, 7) is 34.3. The number of ether oxygens (including phenoxy) is 2. The molecule has 2 rings (SSSR count). The van der Waals surface area contributed by atoms with Gasteiger partial charge in [0, 0.05) is 23.3 Å². The van der Waals surface area contributed by atoms with Crippen molar-refractivity contribution in [2.75, 3.05) is 6.61 Å². The summed E-state index contributed by atoms with van der Waals surface area (Å²) in [7, 11) is 0. The summed E-state index contributed by atoms with van der Waals surface area (Å²) in [6, 6.07) is 8.25. The number of nitrogens with zero attached hydrogens (tertiary/aromatic N) is 1. The summed E-state index contributed by atoms with van der Waals surface area (Å²) in [5.74, 6) is 0.566. The predicted octanol–water partition coefficient (Wildman–Crippen LogP) is 12.3. The third-order valence-corrected chi connectivity index (χ3v) is 8.96. The molecule has 2 unspecified atom stereocenters. The van der Waals surface area contributed by atoms with Crippen LogP contribution in [0.5, 0.6) is 0 Å². The molecular formula is C45H74N2O4. The van der Waals surface area contributed by atoms with Gasteiger partial charge >= 0.3 is 0 Å². The van der Waals surface area contributed by atoms with Gasteiger partial charge in [-0.15, -0.1) is 0 Å². The van der Waals surface area contributed by atoms with Crippen LogP contribution in [0.15, 0.2) is 82.6 Å². The number of aliphatic imine (C=N–C) groups is 1. The number of carbonyl (C=O) groups is 2. The van der Waals surface area contributed by atoms with E-state index in [4.69, 9.17) is 20.2 Å². The third-order valence-electron chi connectivity index (χ3n) is 8.96. The lowest BCUT2D eigenvalue weighted by Crippen LogP contribution is -2.28. The molecule has 0 bridgehead atoms. The van der Waals surface area contributed by atoms with Gasteiger partial charge in [-0.25, -0.2) is 4.99 Å². The highest BCUT2D eigenvalue weighted by atomic mass is 16.5. The fraction of sp³-hybridized carbons (Fsp3) is 0.578. The van der Waals surface area contributed by atoms with Crippen LogP contribution in [-0.4, -0.2) is 30.5 Å². The van der Waals surface area contributed by atoms with Crippen molar-refractivity contribution < 1.29 is 19.1 Å². The van der Waals surface area contributed by atoms with Crippen LogP contribution in [0.1, 0.15) is 154 Å². The lowest BCUT2D eigenvalue weighted by atomic mass is 9.78. The SMILES string of the molecule is C=C(O/C=C(\C)CC(C)(C)C(C)=O)C(C)(C=O)C(/C(C)=C/CC)=C(N)/N=C(C)/C(=C/C)c1ccccc1CC.CC.CC.CCC1CCCCO1. The van der Waals surface area contributed by atoms with Crippen molar-refractivity contribution in [3.8, 4) is 0 Å². The first-order valence-corrected chi connectivity index (χ1v) is 19.2. The molecule has 0 saturated carbocycles. The van der Waals surface area contributed by atoms with Crippen molar-refractivity contribution in [3.05, 3.63) is 88.7 Å². The number of Topliss-reactive ketones (excluding diaryl/α,β-unsaturated/α-hetero) is 1. The van der Waals surface area contributed by atoms with Gasteiger partial charge in [0.25, 0.3) is 0 Å². The molecule has 51 heavy (non-hydrogen) atoms. The van der Waals surface area contributed by atoms with E-state index >= 15 is 0 Å². The molecule has 0 radical (unpaired) electrons. The van der Waals surface area contributed by atoms with Gasteiger partial charge in [-0.1, -0.05) is 105 Å². The van der Waals surface area contributed by atoms with E-state index in [1.165, 1.54) is 31.2 Å². The van der Waals surface area contributed by atoms with Gasteiger partial charge in [0.2, 0.25) is 0 Å². The van der Waals surface area contributed by atoms with Crippen LogP contribution in [0.3, 0.4) is 0 Å². The molecule has 0 amide bonds. The number of aldehydes is 1. The second kappa shape index (κ2) is 26.3. The molecule has 2 atom stereocenters. The Morgan fingerprint density at radius 1 is 1.04 bits per heavy atom. The van der Waals surface area contributed by atoms with E-state index in [1.54, 1.807) is 20.1 Å². The molecule has 6 heteroatoms. The zero-order valence-corrected chi connectivity index (χ0v) is 35.2. The number of carbonyl (C=O) groups excluding carboxylic acids is 2. The normalized spacial score (nSPS) is 17.1. The summed E-state index contributed by atoms with van der Waals surface area (Å²) < 4.78 is 11.4. The van der Waals surface area contributed by atoms with E-state index in [0.29, 0.717) is 18.1 Å². The van der Waals surface area contributed by atoms with E-state index in [1.807, 2.05) is 100 Å². The Morgan fingerprint density at radius 2 is 1.65 bits per heavy atom. The average Bonchev–Trinajstić information content (AvgIpc) is 3.13. The van der Waals surface area contributed by atoms with Crippen LogP contribution in [0.25, 0.3) is 5.57 Å². The monoisotopic (exact) mass is 707 g/mol. The molecule has 0 aromatic heterocycles. The minimum absolute atomic E-state index is 0.0976. The maximum Gasteiger partial charge on any atom is 0.137 e. The fourth-order valence-electron chi connectivity index (χ4n) is 5.78. The summed E-state index contributed by atoms with van der Waals surface area (Å²) in [5, 5.41) is 0. The number of hydrogen-bond donors (Lipinski definition) is 1. The number of ketones is 1. The Balaban J connectivity index is 0. The molecule has 0 spiro atoms. The highest BCUT2D eigenvalue weighted by Gasteiger charge is 2.37. The van der Waals surface area contributed by atoms with Crippen LogP contribution >= 0.6 is 0 Å². The minimum Gasteiger partial charge on any atom is -0.469 e. The van der Waals surface area contributed by atoms with Gasteiger partial charge in [-0.05, 0) is 114 Å². The molecule has 1 saturated heterocycles. The fourth-order valence-corrected chi connectivity index (χ4v) is 5.78. The molecule has 2 N–H and O–H groups in total. The molecular weight excluding hydrogens is 633 g/mol. The molecule has 1 aromatic carbocycles. The maximum absolute atomic E-state index is 12.7. The summed E-state index contributed by atoms with van der Waals surface area (Å²) >= 11 is 0. The van der Waals surface area contributed by atoms with E-state index < -0.39 is 10.8 Å². The Bertz CT molecular complexity index is 1370. The number of allylic oxidation sites excluding steroid dienone is 6. The zero-order chi connectivity index (χ0) is 39.8. The van der Waals surface area contributed by atoms with Gasteiger partial charge in [0.1, 0.15) is 29.1 Å². The Labute approximate surface area is 313 Å². The second-order valence-corrected chi connectivity index (χ2v) is 13.3. The highest BCUT2D eigenvalue weighted by molar-refractivity contribution is 6.23. The minimum atomic E-state index is -1.26. The van der Waals surface area contributed by atoms with E-state index in [2.05, 4.69) is 32.6 Å². The van der Waals surface area contributed by atoms with Gasteiger partial charge in [0.15, 0.2) is 0 Å². The third kappa shape index (κ3) is 16.1. The number of nitrogens with two attached hydrogens (primary N) is 1. The molecule has 1 aliphatic rings. The number of benzene rings is 1. The Kier molecular flexibility index (Phi) is 25.6. The van der Waals surface area contributed by atoms with Crippen LogP contribution in [-0.2, 0) is 25.5 Å². The number of hydrogen-bond acceptors (Lipinski definition) is 6. The number of rotatable bonds is 15. The molecule has 6 nitrogen and oxygen atoms in total. The van der Waals surface area contributed by atoms with Crippen LogP contribution < -0.4 is 5.73 Å². The van der Waals surface area contributed by atoms with Gasteiger partial charge in [-0.2, -0.15) is 0 Å².